The van der Waals surface area contributed by atoms with Crippen molar-refractivity contribution in [1.29, 1.82) is 0 Å². The largest absolute Gasteiger partial charge is 0.354 e. The van der Waals surface area contributed by atoms with Crippen molar-refractivity contribution < 1.29 is 14.0 Å². The van der Waals surface area contributed by atoms with Crippen molar-refractivity contribution >= 4 is 17.6 Å². The molecule has 1 fully saturated rings. The van der Waals surface area contributed by atoms with Crippen LogP contribution in [0.1, 0.15) is 12.8 Å². The lowest BCUT2D eigenvalue weighted by molar-refractivity contribution is -0.122. The number of urea groups is 1. The lowest BCUT2D eigenvalue weighted by atomic mass is 10.1. The van der Waals surface area contributed by atoms with Crippen molar-refractivity contribution in [3.63, 3.8) is 0 Å². The summed E-state index contributed by atoms with van der Waals surface area (Å²) in [6.45, 7) is 0.406. The summed E-state index contributed by atoms with van der Waals surface area (Å²) in [6.07, 6.45) is 0.987. The number of para-hydroxylation sites is 1. The lowest BCUT2D eigenvalue weighted by Gasteiger charge is -2.23. The first-order valence-corrected chi connectivity index (χ1v) is 5.74. The molecule has 1 atom stereocenters. The van der Waals surface area contributed by atoms with Gasteiger partial charge in [-0.15, -0.1) is 0 Å². The maximum absolute atomic E-state index is 13.3. The van der Waals surface area contributed by atoms with Gasteiger partial charge in [0.15, 0.2) is 0 Å². The highest BCUT2D eigenvalue weighted by atomic mass is 19.1. The molecule has 0 radical (unpaired) electrons. The highest BCUT2D eigenvalue weighted by molar-refractivity contribution is 5.89. The zero-order valence-corrected chi connectivity index (χ0v) is 9.70. The van der Waals surface area contributed by atoms with Crippen molar-refractivity contribution in [2.75, 3.05) is 11.9 Å². The molecule has 0 spiro atoms. The van der Waals surface area contributed by atoms with Crippen LogP contribution in [0.3, 0.4) is 0 Å². The number of hydrogen-bond acceptors (Lipinski definition) is 2. The van der Waals surface area contributed by atoms with E-state index in [1.165, 1.54) is 12.1 Å². The van der Waals surface area contributed by atoms with Crippen LogP contribution >= 0.6 is 0 Å². The number of rotatable bonds is 2. The van der Waals surface area contributed by atoms with Gasteiger partial charge in [0.2, 0.25) is 5.91 Å². The van der Waals surface area contributed by atoms with Crippen LogP contribution in [-0.4, -0.2) is 24.5 Å². The first kappa shape index (κ1) is 12.3. The number of hydrogen-bond donors (Lipinski definition) is 3. The van der Waals surface area contributed by atoms with E-state index < -0.39 is 11.8 Å². The van der Waals surface area contributed by atoms with E-state index in [4.69, 9.17) is 0 Å². The normalized spacial score (nSPS) is 18.9. The van der Waals surface area contributed by atoms with Crippen LogP contribution in [0.2, 0.25) is 0 Å². The molecule has 5 nitrogen and oxygen atoms in total. The minimum absolute atomic E-state index is 0.0115. The Morgan fingerprint density at radius 2 is 2.17 bits per heavy atom. The molecule has 1 aliphatic heterocycles. The van der Waals surface area contributed by atoms with E-state index in [2.05, 4.69) is 16.0 Å². The highest BCUT2D eigenvalue weighted by Gasteiger charge is 2.19. The summed E-state index contributed by atoms with van der Waals surface area (Å²) in [7, 11) is 0. The molecule has 1 aromatic carbocycles. The number of anilines is 1. The first-order chi connectivity index (χ1) is 8.65. The standard InChI is InChI=1S/C12H14FN3O2/c13-9-3-1-2-4-10(9)16-12(18)15-8-5-6-11(17)14-7-8/h1-4,8H,5-7H2,(H,14,17)(H2,15,16,18)/t8-/m0/s1. The van der Waals surface area contributed by atoms with Crippen molar-refractivity contribution in [1.82, 2.24) is 10.6 Å². The van der Waals surface area contributed by atoms with Gasteiger partial charge in [-0.3, -0.25) is 4.79 Å². The Kier molecular flexibility index (Phi) is 3.76. The maximum atomic E-state index is 13.3. The predicted molar refractivity (Wildman–Crippen MR) is 64.6 cm³/mol. The van der Waals surface area contributed by atoms with E-state index in [-0.39, 0.29) is 17.6 Å². The minimum Gasteiger partial charge on any atom is -0.354 e. The fourth-order valence-electron chi connectivity index (χ4n) is 1.76. The Labute approximate surface area is 104 Å². The zero-order valence-electron chi connectivity index (χ0n) is 9.70. The molecule has 0 aromatic heterocycles. The molecule has 1 saturated heterocycles. The number of piperidine rings is 1. The summed E-state index contributed by atoms with van der Waals surface area (Å²) >= 11 is 0. The number of benzene rings is 1. The Balaban J connectivity index is 1.86. The summed E-state index contributed by atoms with van der Waals surface area (Å²) in [5.41, 5.74) is 0.134. The van der Waals surface area contributed by atoms with Gasteiger partial charge in [-0.05, 0) is 18.6 Å². The van der Waals surface area contributed by atoms with Gasteiger partial charge in [-0.25, -0.2) is 9.18 Å². The lowest BCUT2D eigenvalue weighted by Crippen LogP contribution is -2.48. The zero-order chi connectivity index (χ0) is 13.0. The second-order valence-electron chi connectivity index (χ2n) is 4.12. The average molecular weight is 251 g/mol. The molecular formula is C12H14FN3O2. The minimum atomic E-state index is -0.482. The third-order valence-electron chi connectivity index (χ3n) is 2.72. The van der Waals surface area contributed by atoms with Gasteiger partial charge < -0.3 is 16.0 Å². The Hall–Kier alpha value is -2.11. The average Bonchev–Trinajstić information content (AvgIpc) is 2.35. The van der Waals surface area contributed by atoms with E-state index in [0.717, 1.165) is 0 Å². The van der Waals surface area contributed by atoms with Gasteiger partial charge in [0.25, 0.3) is 0 Å². The summed E-state index contributed by atoms with van der Waals surface area (Å²) in [5, 5.41) is 7.77. The first-order valence-electron chi connectivity index (χ1n) is 5.74. The fourth-order valence-corrected chi connectivity index (χ4v) is 1.76. The molecule has 96 valence electrons. The molecule has 1 heterocycles. The molecule has 6 heteroatoms. The smallest absolute Gasteiger partial charge is 0.319 e. The van der Waals surface area contributed by atoms with E-state index >= 15 is 0 Å². The summed E-state index contributed by atoms with van der Waals surface area (Å²) in [4.78, 5) is 22.6. The van der Waals surface area contributed by atoms with Crippen molar-refractivity contribution in [2.24, 2.45) is 0 Å². The number of carbonyl (C=O) groups excluding carboxylic acids is 2. The van der Waals surface area contributed by atoms with E-state index in [1.54, 1.807) is 12.1 Å². The summed E-state index contributed by atoms with van der Waals surface area (Å²) in [5.74, 6) is -0.493. The molecule has 0 bridgehead atoms. The van der Waals surface area contributed by atoms with Gasteiger partial charge in [-0.1, -0.05) is 12.1 Å². The van der Waals surface area contributed by atoms with Crippen LogP contribution in [0.25, 0.3) is 0 Å². The van der Waals surface area contributed by atoms with Gasteiger partial charge >= 0.3 is 6.03 Å². The number of nitrogens with one attached hydrogen (secondary N) is 3. The van der Waals surface area contributed by atoms with E-state index in [9.17, 15) is 14.0 Å². The third-order valence-corrected chi connectivity index (χ3v) is 2.72. The Morgan fingerprint density at radius 3 is 2.83 bits per heavy atom. The molecule has 0 aliphatic carbocycles. The van der Waals surface area contributed by atoms with Gasteiger partial charge in [-0.2, -0.15) is 0 Å². The number of amides is 3. The topological polar surface area (TPSA) is 70.2 Å². The predicted octanol–water partition coefficient (Wildman–Crippen LogP) is 1.23. The monoisotopic (exact) mass is 251 g/mol. The van der Waals surface area contributed by atoms with Crippen molar-refractivity contribution in [3.8, 4) is 0 Å². The molecule has 2 rings (SSSR count). The van der Waals surface area contributed by atoms with Crippen molar-refractivity contribution in [2.45, 2.75) is 18.9 Å². The summed E-state index contributed by atoms with van der Waals surface area (Å²) in [6, 6.07) is 5.36. The molecule has 18 heavy (non-hydrogen) atoms. The summed E-state index contributed by atoms with van der Waals surface area (Å²) < 4.78 is 13.3. The molecular weight excluding hydrogens is 237 g/mol. The second-order valence-corrected chi connectivity index (χ2v) is 4.12. The van der Waals surface area contributed by atoms with Crippen LogP contribution in [0.4, 0.5) is 14.9 Å². The number of halogens is 1. The molecule has 0 saturated carbocycles. The fraction of sp³-hybridized carbons (Fsp3) is 0.333. The quantitative estimate of drug-likeness (QED) is 0.739. The van der Waals surface area contributed by atoms with E-state index in [0.29, 0.717) is 19.4 Å². The highest BCUT2D eigenvalue weighted by Crippen LogP contribution is 2.12. The van der Waals surface area contributed by atoms with Gasteiger partial charge in [0, 0.05) is 19.0 Å². The molecule has 1 aromatic rings. The van der Waals surface area contributed by atoms with Crippen LogP contribution in [0.5, 0.6) is 0 Å². The van der Waals surface area contributed by atoms with E-state index in [1.807, 2.05) is 0 Å². The van der Waals surface area contributed by atoms with Gasteiger partial charge in [0.05, 0.1) is 5.69 Å². The molecule has 3 N–H and O–H groups in total. The Morgan fingerprint density at radius 1 is 1.39 bits per heavy atom. The van der Waals surface area contributed by atoms with Crippen LogP contribution in [-0.2, 0) is 4.79 Å². The van der Waals surface area contributed by atoms with Crippen LogP contribution < -0.4 is 16.0 Å². The van der Waals surface area contributed by atoms with Gasteiger partial charge in [0.1, 0.15) is 5.82 Å². The van der Waals surface area contributed by atoms with Crippen LogP contribution in [0, 0.1) is 5.82 Å². The third kappa shape index (κ3) is 3.19. The maximum Gasteiger partial charge on any atom is 0.319 e. The second kappa shape index (κ2) is 5.48. The Bertz CT molecular complexity index is 454. The van der Waals surface area contributed by atoms with Crippen molar-refractivity contribution in [3.05, 3.63) is 30.1 Å². The molecule has 0 unspecified atom stereocenters. The number of carbonyl (C=O) groups is 2. The van der Waals surface area contributed by atoms with Crippen LogP contribution in [0.15, 0.2) is 24.3 Å². The molecule has 3 amide bonds. The SMILES string of the molecule is O=C1CC[C@H](NC(=O)Nc2ccccc2F)CN1. The molecule has 1 aliphatic rings.